The van der Waals surface area contributed by atoms with E-state index in [1.807, 2.05) is 0 Å². The standard InChI is InChI=1S/C5H12O4.C4H4O4.3C3H4O2/c6-1-5(2-7,3-8)4-9;5-3(6)1-2-4(7)8;3*1-2-3(4)5/h6-9H,1-4H2;1-2H,(H,5,6)(H,7,8);3*2H,1H2,(H,4,5)/b;2-1-;;;. The van der Waals surface area contributed by atoms with Crippen molar-refractivity contribution in [2.24, 2.45) is 5.41 Å². The van der Waals surface area contributed by atoms with Crippen LogP contribution in [0.5, 0.6) is 0 Å². The molecule has 0 aliphatic carbocycles. The van der Waals surface area contributed by atoms with E-state index in [0.717, 1.165) is 18.2 Å². The Kier molecular flexibility index (Phi) is 32.9. The number of aliphatic carboxylic acids is 5. The van der Waals surface area contributed by atoms with E-state index >= 15 is 0 Å². The van der Waals surface area contributed by atoms with Crippen molar-refractivity contribution < 1.29 is 69.9 Å². The predicted molar refractivity (Wildman–Crippen MR) is 109 cm³/mol. The smallest absolute Gasteiger partial charge is 0.328 e. The van der Waals surface area contributed by atoms with Crippen LogP contribution in [0, 0.1) is 5.41 Å². The van der Waals surface area contributed by atoms with Crippen molar-refractivity contribution in [1.29, 1.82) is 0 Å². The van der Waals surface area contributed by atoms with Crippen LogP contribution < -0.4 is 0 Å². The highest BCUT2D eigenvalue weighted by Crippen LogP contribution is 2.11. The van der Waals surface area contributed by atoms with E-state index in [2.05, 4.69) is 19.7 Å². The zero-order valence-corrected chi connectivity index (χ0v) is 16.9. The van der Waals surface area contributed by atoms with Crippen LogP contribution in [0.4, 0.5) is 0 Å². The van der Waals surface area contributed by atoms with Gasteiger partial charge in [-0.3, -0.25) is 0 Å². The first kappa shape index (κ1) is 38.7. The first-order valence-electron chi connectivity index (χ1n) is 7.82. The molecule has 0 unspecified atom stereocenters. The molecule has 184 valence electrons. The molecule has 0 aliphatic rings. The van der Waals surface area contributed by atoms with Gasteiger partial charge in [-0.2, -0.15) is 0 Å². The highest BCUT2D eigenvalue weighted by Gasteiger charge is 2.26. The summed E-state index contributed by atoms with van der Waals surface area (Å²) >= 11 is 0. The summed E-state index contributed by atoms with van der Waals surface area (Å²) in [5.74, 6) is -5.46. The lowest BCUT2D eigenvalue weighted by atomic mass is 9.93. The molecule has 0 saturated heterocycles. The molecule has 0 heterocycles. The van der Waals surface area contributed by atoms with Gasteiger partial charge in [0, 0.05) is 30.4 Å². The van der Waals surface area contributed by atoms with Gasteiger partial charge in [-0.1, -0.05) is 19.7 Å². The maximum absolute atomic E-state index is 9.55. The van der Waals surface area contributed by atoms with Crippen molar-refractivity contribution >= 4 is 29.8 Å². The molecule has 0 aromatic rings. The number of hydrogen-bond acceptors (Lipinski definition) is 9. The lowest BCUT2D eigenvalue weighted by molar-refractivity contribution is -0.134. The molecule has 0 atom stereocenters. The first-order valence-corrected chi connectivity index (χ1v) is 7.82. The van der Waals surface area contributed by atoms with Gasteiger partial charge in [-0.25, -0.2) is 24.0 Å². The number of carbonyl (C=O) groups is 5. The maximum Gasteiger partial charge on any atom is 0.328 e. The summed E-state index contributed by atoms with van der Waals surface area (Å²) in [6, 6.07) is 0. The summed E-state index contributed by atoms with van der Waals surface area (Å²) in [6.07, 6.45) is 3.62. The van der Waals surface area contributed by atoms with E-state index in [1.165, 1.54) is 0 Å². The fourth-order valence-electron chi connectivity index (χ4n) is 0.443. The van der Waals surface area contributed by atoms with Gasteiger partial charge in [0.1, 0.15) is 0 Å². The lowest BCUT2D eigenvalue weighted by Crippen LogP contribution is -2.37. The summed E-state index contributed by atoms with van der Waals surface area (Å²) in [5, 5.41) is 72.4. The molecular formula is C18H28O14. The second-order valence-corrected chi connectivity index (χ2v) is 4.77. The van der Waals surface area contributed by atoms with Crippen molar-refractivity contribution in [1.82, 2.24) is 0 Å². The topological polar surface area (TPSA) is 267 Å². The second kappa shape index (κ2) is 27.1. The number of rotatable bonds is 9. The highest BCUT2D eigenvalue weighted by atomic mass is 16.4. The van der Waals surface area contributed by atoms with Crippen LogP contribution in [0.1, 0.15) is 0 Å². The van der Waals surface area contributed by atoms with Crippen molar-refractivity contribution in [3.63, 3.8) is 0 Å². The monoisotopic (exact) mass is 468 g/mol. The third kappa shape index (κ3) is 45.1. The fourth-order valence-corrected chi connectivity index (χ4v) is 0.443. The summed E-state index contributed by atoms with van der Waals surface area (Å²) in [5.41, 5.74) is -1.11. The molecule has 32 heavy (non-hydrogen) atoms. The molecule has 0 aliphatic heterocycles. The van der Waals surface area contributed by atoms with Crippen LogP contribution in [0.25, 0.3) is 0 Å². The Morgan fingerprint density at radius 3 is 0.688 bits per heavy atom. The zero-order chi connectivity index (χ0) is 26.8. The van der Waals surface area contributed by atoms with E-state index in [-0.39, 0.29) is 0 Å². The van der Waals surface area contributed by atoms with E-state index in [4.69, 9.17) is 46.0 Å². The van der Waals surface area contributed by atoms with Gasteiger partial charge in [0.2, 0.25) is 0 Å². The largest absolute Gasteiger partial charge is 0.478 e. The third-order valence-corrected chi connectivity index (χ3v) is 2.23. The Morgan fingerprint density at radius 2 is 0.656 bits per heavy atom. The maximum atomic E-state index is 9.55. The fraction of sp³-hybridized carbons (Fsp3) is 0.278. The Bertz CT molecular complexity index is 541. The molecule has 0 aromatic heterocycles. The van der Waals surface area contributed by atoms with Gasteiger partial charge in [0.15, 0.2) is 0 Å². The normalized spacial score (nSPS) is 8.75. The summed E-state index contributed by atoms with van der Waals surface area (Å²) in [4.78, 5) is 46.9. The van der Waals surface area contributed by atoms with E-state index in [1.54, 1.807) is 0 Å². The third-order valence-electron chi connectivity index (χ3n) is 2.23. The predicted octanol–water partition coefficient (Wildman–Crippen LogP) is -1.58. The van der Waals surface area contributed by atoms with Crippen LogP contribution in [-0.2, 0) is 24.0 Å². The Morgan fingerprint density at radius 1 is 0.500 bits per heavy atom. The van der Waals surface area contributed by atoms with Gasteiger partial charge in [-0.15, -0.1) is 0 Å². The van der Waals surface area contributed by atoms with Crippen LogP contribution >= 0.6 is 0 Å². The number of hydrogen-bond donors (Lipinski definition) is 9. The molecule has 0 saturated carbocycles. The van der Waals surface area contributed by atoms with Gasteiger partial charge >= 0.3 is 29.8 Å². The molecule has 0 spiro atoms. The molecular weight excluding hydrogens is 440 g/mol. The lowest BCUT2D eigenvalue weighted by Gasteiger charge is -2.23. The van der Waals surface area contributed by atoms with Gasteiger partial charge < -0.3 is 46.0 Å². The summed E-state index contributed by atoms with van der Waals surface area (Å²) in [6.45, 7) is 7.26. The molecule has 0 aromatic carbocycles. The number of aliphatic hydroxyl groups is 4. The van der Waals surface area contributed by atoms with Crippen molar-refractivity contribution in [3.8, 4) is 0 Å². The Balaban J connectivity index is -0.0000000976. The average Bonchev–Trinajstić information content (AvgIpc) is 2.76. The summed E-state index contributed by atoms with van der Waals surface area (Å²) < 4.78 is 0. The minimum Gasteiger partial charge on any atom is -0.478 e. The van der Waals surface area contributed by atoms with Crippen LogP contribution in [0.2, 0.25) is 0 Å². The minimum absolute atomic E-state index is 0.406. The minimum atomic E-state index is -1.26. The van der Waals surface area contributed by atoms with Crippen LogP contribution in [0.3, 0.4) is 0 Å². The molecule has 0 bridgehead atoms. The second-order valence-electron chi connectivity index (χ2n) is 4.77. The number of carboxylic acids is 5. The highest BCUT2D eigenvalue weighted by molar-refractivity contribution is 5.89. The van der Waals surface area contributed by atoms with Crippen molar-refractivity contribution in [2.45, 2.75) is 0 Å². The van der Waals surface area contributed by atoms with E-state index in [9.17, 15) is 24.0 Å². The van der Waals surface area contributed by atoms with Gasteiger partial charge in [0.05, 0.1) is 31.8 Å². The molecule has 0 rings (SSSR count). The van der Waals surface area contributed by atoms with Crippen molar-refractivity contribution in [3.05, 3.63) is 50.1 Å². The molecule has 14 nitrogen and oxygen atoms in total. The van der Waals surface area contributed by atoms with E-state index < -0.39 is 61.7 Å². The van der Waals surface area contributed by atoms with Crippen LogP contribution in [-0.4, -0.2) is 102 Å². The molecule has 0 fully saturated rings. The van der Waals surface area contributed by atoms with E-state index in [0.29, 0.717) is 12.2 Å². The number of carboxylic acid groups (broad SMARTS) is 5. The Hall–Kier alpha value is -3.85. The average molecular weight is 468 g/mol. The van der Waals surface area contributed by atoms with Gasteiger partial charge in [0.25, 0.3) is 0 Å². The quantitative estimate of drug-likeness (QED) is 0.173. The zero-order valence-electron chi connectivity index (χ0n) is 16.9. The molecule has 14 heteroatoms. The molecule has 0 amide bonds. The Labute approximate surface area is 182 Å². The SMILES string of the molecule is C=CC(=O)O.C=CC(=O)O.C=CC(=O)O.O=C(O)/C=C\C(=O)O.OCC(CO)(CO)CO. The molecule has 9 N–H and O–H groups in total. The first-order chi connectivity index (χ1) is 14.7. The summed E-state index contributed by atoms with van der Waals surface area (Å²) in [7, 11) is 0. The van der Waals surface area contributed by atoms with Crippen LogP contribution in [0.15, 0.2) is 50.1 Å². The van der Waals surface area contributed by atoms with Gasteiger partial charge in [-0.05, 0) is 0 Å². The number of aliphatic hydroxyl groups excluding tert-OH is 4. The van der Waals surface area contributed by atoms with Crippen molar-refractivity contribution in [2.75, 3.05) is 26.4 Å². The molecule has 0 radical (unpaired) electrons.